The molecular formula is C17H15NO4. The number of hydrogen-bond acceptors (Lipinski definition) is 5. The summed E-state index contributed by atoms with van der Waals surface area (Å²) in [6.07, 6.45) is 3.40. The average molecular weight is 297 g/mol. The number of ether oxygens (including phenoxy) is 2. The first-order valence-electron chi connectivity index (χ1n) is 6.86. The molecule has 0 saturated carbocycles. The fraction of sp³-hybridized carbons (Fsp3) is 0.176. The normalized spacial score (nSPS) is 10.6. The van der Waals surface area contributed by atoms with E-state index in [2.05, 4.69) is 4.98 Å². The molecule has 0 amide bonds. The molecule has 0 fully saturated rings. The van der Waals surface area contributed by atoms with Gasteiger partial charge in [0.1, 0.15) is 17.9 Å². The summed E-state index contributed by atoms with van der Waals surface area (Å²) in [6, 6.07) is 11.0. The summed E-state index contributed by atoms with van der Waals surface area (Å²) in [5.74, 6) is 0.398. The van der Waals surface area contributed by atoms with Crippen molar-refractivity contribution in [2.75, 3.05) is 7.11 Å². The van der Waals surface area contributed by atoms with Crippen LogP contribution >= 0.6 is 0 Å². The van der Waals surface area contributed by atoms with E-state index in [0.717, 1.165) is 16.6 Å². The van der Waals surface area contributed by atoms with Crippen LogP contribution in [-0.2, 0) is 22.6 Å². The first-order chi connectivity index (χ1) is 10.8. The molecule has 0 atom stereocenters. The Balaban J connectivity index is 1.66. The molecule has 3 rings (SSSR count). The Hall–Kier alpha value is -2.82. The number of esters is 1. The van der Waals surface area contributed by atoms with Crippen molar-refractivity contribution in [1.82, 2.24) is 4.98 Å². The molecule has 2 heterocycles. The maximum atomic E-state index is 11.9. The first kappa shape index (κ1) is 14.1. The third-order valence-electron chi connectivity index (χ3n) is 3.30. The van der Waals surface area contributed by atoms with E-state index in [9.17, 15) is 4.79 Å². The van der Waals surface area contributed by atoms with E-state index < -0.39 is 0 Å². The van der Waals surface area contributed by atoms with Crippen LogP contribution in [0.15, 0.2) is 53.3 Å². The van der Waals surface area contributed by atoms with Crippen molar-refractivity contribution < 1.29 is 18.7 Å². The first-order valence-corrected chi connectivity index (χ1v) is 6.86. The standard InChI is InChI=1S/C17H15NO4/c1-20-14-5-6-15-12(10-21-16(15)9-14)8-17(19)22-11-13-4-2-3-7-18-13/h2-7,9-10H,8,11H2,1H3. The number of rotatable bonds is 5. The van der Waals surface area contributed by atoms with Gasteiger partial charge in [-0.15, -0.1) is 0 Å². The van der Waals surface area contributed by atoms with Gasteiger partial charge in [0.25, 0.3) is 0 Å². The Bertz CT molecular complexity index is 780. The average Bonchev–Trinajstić information content (AvgIpc) is 2.96. The predicted molar refractivity (Wildman–Crippen MR) is 80.5 cm³/mol. The van der Waals surface area contributed by atoms with Gasteiger partial charge in [0, 0.05) is 23.2 Å². The highest BCUT2D eigenvalue weighted by atomic mass is 16.5. The molecule has 3 aromatic rings. The molecule has 0 saturated heterocycles. The van der Waals surface area contributed by atoms with Crippen LogP contribution < -0.4 is 4.74 Å². The zero-order chi connectivity index (χ0) is 15.4. The van der Waals surface area contributed by atoms with E-state index in [1.807, 2.05) is 30.3 Å². The second-order valence-corrected chi connectivity index (χ2v) is 4.78. The Labute approximate surface area is 127 Å². The molecule has 0 spiro atoms. The van der Waals surface area contributed by atoms with E-state index in [1.54, 1.807) is 25.6 Å². The third kappa shape index (κ3) is 3.09. The minimum Gasteiger partial charge on any atom is -0.497 e. The van der Waals surface area contributed by atoms with Gasteiger partial charge in [0.2, 0.25) is 0 Å². The molecule has 22 heavy (non-hydrogen) atoms. The smallest absolute Gasteiger partial charge is 0.310 e. The number of aromatic nitrogens is 1. The number of hydrogen-bond donors (Lipinski definition) is 0. The second-order valence-electron chi connectivity index (χ2n) is 4.78. The van der Waals surface area contributed by atoms with Crippen LogP contribution in [-0.4, -0.2) is 18.1 Å². The molecule has 112 valence electrons. The number of carbonyl (C=O) groups excluding carboxylic acids is 1. The monoisotopic (exact) mass is 297 g/mol. The largest absolute Gasteiger partial charge is 0.497 e. The summed E-state index contributed by atoms with van der Waals surface area (Å²) < 4.78 is 15.8. The van der Waals surface area contributed by atoms with Crippen LogP contribution in [0.3, 0.4) is 0 Å². The zero-order valence-corrected chi connectivity index (χ0v) is 12.1. The zero-order valence-electron chi connectivity index (χ0n) is 12.1. The summed E-state index contributed by atoms with van der Waals surface area (Å²) in [5, 5.41) is 0.885. The van der Waals surface area contributed by atoms with E-state index in [-0.39, 0.29) is 19.0 Å². The van der Waals surface area contributed by atoms with Gasteiger partial charge in [0.05, 0.1) is 25.5 Å². The fourth-order valence-electron chi connectivity index (χ4n) is 2.17. The number of pyridine rings is 1. The lowest BCUT2D eigenvalue weighted by atomic mass is 10.1. The summed E-state index contributed by atoms with van der Waals surface area (Å²) in [6.45, 7) is 0.170. The second kappa shape index (κ2) is 6.30. The molecule has 2 aromatic heterocycles. The molecule has 1 aromatic carbocycles. The Kier molecular flexibility index (Phi) is 4.05. The number of methoxy groups -OCH3 is 1. The molecule has 5 heteroatoms. The lowest BCUT2D eigenvalue weighted by Crippen LogP contribution is -2.08. The van der Waals surface area contributed by atoms with Crippen LogP contribution in [0.4, 0.5) is 0 Å². The third-order valence-corrected chi connectivity index (χ3v) is 3.30. The molecule has 0 aliphatic rings. The SMILES string of the molecule is COc1ccc2c(CC(=O)OCc3ccccn3)coc2c1. The summed E-state index contributed by atoms with van der Waals surface area (Å²) in [5.41, 5.74) is 2.20. The Morgan fingerprint density at radius 3 is 2.95 bits per heavy atom. The van der Waals surface area contributed by atoms with Crippen molar-refractivity contribution >= 4 is 16.9 Å². The van der Waals surface area contributed by atoms with Gasteiger partial charge in [-0.1, -0.05) is 6.07 Å². The molecule has 0 radical (unpaired) electrons. The van der Waals surface area contributed by atoms with Crippen molar-refractivity contribution in [3.05, 3.63) is 60.1 Å². The predicted octanol–water partition coefficient (Wildman–Crippen LogP) is 3.12. The molecule has 5 nitrogen and oxygen atoms in total. The summed E-state index contributed by atoms with van der Waals surface area (Å²) >= 11 is 0. The summed E-state index contributed by atoms with van der Waals surface area (Å²) in [7, 11) is 1.60. The van der Waals surface area contributed by atoms with Gasteiger partial charge in [-0.2, -0.15) is 0 Å². The topological polar surface area (TPSA) is 61.6 Å². The van der Waals surface area contributed by atoms with Crippen molar-refractivity contribution in [3.63, 3.8) is 0 Å². The van der Waals surface area contributed by atoms with Gasteiger partial charge in [0.15, 0.2) is 0 Å². The van der Waals surface area contributed by atoms with E-state index in [1.165, 1.54) is 0 Å². The van der Waals surface area contributed by atoms with Crippen LogP contribution in [0.2, 0.25) is 0 Å². The van der Waals surface area contributed by atoms with Crippen molar-refractivity contribution in [1.29, 1.82) is 0 Å². The van der Waals surface area contributed by atoms with Gasteiger partial charge < -0.3 is 13.9 Å². The van der Waals surface area contributed by atoms with Crippen molar-refractivity contribution in [2.45, 2.75) is 13.0 Å². The van der Waals surface area contributed by atoms with Crippen LogP contribution in [0.1, 0.15) is 11.3 Å². The lowest BCUT2D eigenvalue weighted by Gasteiger charge is -2.03. The van der Waals surface area contributed by atoms with Gasteiger partial charge in [-0.05, 0) is 24.3 Å². The molecular weight excluding hydrogens is 282 g/mol. The number of furan rings is 1. The molecule has 0 N–H and O–H groups in total. The minimum atomic E-state index is -0.316. The molecule has 0 aliphatic carbocycles. The number of fused-ring (bicyclic) bond motifs is 1. The van der Waals surface area contributed by atoms with Crippen LogP contribution in [0, 0.1) is 0 Å². The van der Waals surface area contributed by atoms with Gasteiger partial charge in [-0.25, -0.2) is 0 Å². The van der Waals surface area contributed by atoms with Gasteiger partial charge in [-0.3, -0.25) is 9.78 Å². The van der Waals surface area contributed by atoms with E-state index >= 15 is 0 Å². The van der Waals surface area contributed by atoms with Gasteiger partial charge >= 0.3 is 5.97 Å². The number of benzene rings is 1. The van der Waals surface area contributed by atoms with Crippen LogP contribution in [0.5, 0.6) is 5.75 Å². The van der Waals surface area contributed by atoms with E-state index in [0.29, 0.717) is 11.3 Å². The van der Waals surface area contributed by atoms with Crippen LogP contribution in [0.25, 0.3) is 11.0 Å². The lowest BCUT2D eigenvalue weighted by molar-refractivity contribution is -0.144. The summed E-state index contributed by atoms with van der Waals surface area (Å²) in [4.78, 5) is 16.0. The maximum absolute atomic E-state index is 11.9. The number of carbonyl (C=O) groups is 1. The highest BCUT2D eigenvalue weighted by molar-refractivity contribution is 5.86. The molecule has 0 aliphatic heterocycles. The molecule has 0 unspecified atom stereocenters. The highest BCUT2D eigenvalue weighted by Crippen LogP contribution is 2.26. The molecule has 0 bridgehead atoms. The Morgan fingerprint density at radius 1 is 1.27 bits per heavy atom. The maximum Gasteiger partial charge on any atom is 0.310 e. The van der Waals surface area contributed by atoms with E-state index in [4.69, 9.17) is 13.9 Å². The van der Waals surface area contributed by atoms with Crippen molar-refractivity contribution in [3.8, 4) is 5.75 Å². The highest BCUT2D eigenvalue weighted by Gasteiger charge is 2.12. The number of nitrogens with zero attached hydrogens (tertiary/aromatic N) is 1. The Morgan fingerprint density at radius 2 is 2.18 bits per heavy atom. The quantitative estimate of drug-likeness (QED) is 0.677. The fourth-order valence-corrected chi connectivity index (χ4v) is 2.17. The van der Waals surface area contributed by atoms with Crippen molar-refractivity contribution in [2.24, 2.45) is 0 Å². The minimum absolute atomic E-state index is 0.159.